The van der Waals surface area contributed by atoms with E-state index in [0.29, 0.717) is 11.4 Å². The zero-order valence-corrected chi connectivity index (χ0v) is 11.3. The van der Waals surface area contributed by atoms with E-state index < -0.39 is 20.7 Å². The Labute approximate surface area is 106 Å². The summed E-state index contributed by atoms with van der Waals surface area (Å²) >= 11 is 0. The first-order valence-electron chi connectivity index (χ1n) is 5.31. The number of nitrogens with zero attached hydrogens (tertiary/aromatic N) is 1. The maximum Gasteiger partial charge on any atom is 0.309 e. The molecule has 0 amide bonds. The number of rotatable bonds is 4. The van der Waals surface area contributed by atoms with Crippen LogP contribution < -0.4 is 4.72 Å². The normalized spacial score (nSPS) is 12.2. The van der Waals surface area contributed by atoms with Crippen LogP contribution in [-0.4, -0.2) is 29.2 Å². The number of pyridine rings is 1. The van der Waals surface area contributed by atoms with Gasteiger partial charge in [-0.2, -0.15) is 0 Å². The van der Waals surface area contributed by atoms with Crippen LogP contribution in [0.2, 0.25) is 0 Å². The molecule has 0 unspecified atom stereocenters. The fourth-order valence-electron chi connectivity index (χ4n) is 1.05. The Bertz CT molecular complexity index is 529. The lowest BCUT2D eigenvalue weighted by Crippen LogP contribution is -2.33. The number of carboxylic acid groups (broad SMARTS) is 1. The van der Waals surface area contributed by atoms with Gasteiger partial charge in [0.05, 0.1) is 28.7 Å². The minimum Gasteiger partial charge on any atom is -0.481 e. The molecule has 1 heterocycles. The summed E-state index contributed by atoms with van der Waals surface area (Å²) in [6.45, 7) is 4.75. The van der Waals surface area contributed by atoms with Gasteiger partial charge in [0, 0.05) is 0 Å². The molecule has 0 aliphatic heterocycles. The van der Waals surface area contributed by atoms with E-state index in [2.05, 4.69) is 9.71 Å². The van der Waals surface area contributed by atoms with E-state index in [9.17, 15) is 13.2 Å². The van der Waals surface area contributed by atoms with Gasteiger partial charge in [-0.05, 0) is 32.9 Å². The van der Waals surface area contributed by atoms with Gasteiger partial charge in [0.1, 0.15) is 0 Å². The van der Waals surface area contributed by atoms with Gasteiger partial charge in [-0.15, -0.1) is 0 Å². The molecule has 6 nitrogen and oxygen atoms in total. The first-order valence-corrected chi connectivity index (χ1v) is 6.79. The first-order chi connectivity index (χ1) is 8.12. The van der Waals surface area contributed by atoms with E-state index >= 15 is 0 Å². The van der Waals surface area contributed by atoms with E-state index in [0.717, 1.165) is 0 Å². The van der Waals surface area contributed by atoms with E-state index in [4.69, 9.17) is 5.11 Å². The minimum absolute atomic E-state index is 0.188. The van der Waals surface area contributed by atoms with E-state index in [-0.39, 0.29) is 6.42 Å². The quantitative estimate of drug-likeness (QED) is 0.859. The van der Waals surface area contributed by atoms with Crippen LogP contribution in [0, 0.1) is 0 Å². The van der Waals surface area contributed by atoms with Gasteiger partial charge in [-0.1, -0.05) is 0 Å². The average molecular weight is 272 g/mol. The molecule has 1 aromatic rings. The molecule has 0 atom stereocenters. The fraction of sp³-hybridized carbons (Fsp3) is 0.455. The Morgan fingerprint density at radius 3 is 2.39 bits per heavy atom. The number of nitrogens with one attached hydrogen (secondary N) is 1. The summed E-state index contributed by atoms with van der Waals surface area (Å²) in [6.07, 6.45) is 1.12. The van der Waals surface area contributed by atoms with Crippen LogP contribution in [0.1, 0.15) is 26.5 Å². The Morgan fingerprint density at radius 2 is 2.00 bits per heavy atom. The second-order valence-corrected chi connectivity index (χ2v) is 7.26. The van der Waals surface area contributed by atoms with Crippen molar-refractivity contribution in [2.75, 3.05) is 4.72 Å². The maximum atomic E-state index is 11.9. The van der Waals surface area contributed by atoms with Crippen LogP contribution in [0.5, 0.6) is 0 Å². The molecular weight excluding hydrogens is 256 g/mol. The SMILES string of the molecule is CC(C)(C)S(=O)(=O)Nc1ccc(CC(=O)O)nc1. The van der Waals surface area contributed by atoms with Gasteiger partial charge in [0.15, 0.2) is 0 Å². The summed E-state index contributed by atoms with van der Waals surface area (Å²) in [5.74, 6) is -0.981. The molecule has 1 rings (SSSR count). The van der Waals surface area contributed by atoms with E-state index in [1.807, 2.05) is 0 Å². The molecule has 7 heteroatoms. The Balaban J connectivity index is 2.85. The molecule has 0 radical (unpaired) electrons. The zero-order valence-electron chi connectivity index (χ0n) is 10.5. The molecule has 0 aromatic carbocycles. The fourth-order valence-corrected chi connectivity index (χ4v) is 1.79. The highest BCUT2D eigenvalue weighted by Crippen LogP contribution is 2.18. The van der Waals surface area contributed by atoms with Gasteiger partial charge in [-0.3, -0.25) is 14.5 Å². The Kier molecular flexibility index (Phi) is 3.95. The topological polar surface area (TPSA) is 96.4 Å². The van der Waals surface area contributed by atoms with E-state index in [1.165, 1.54) is 18.3 Å². The van der Waals surface area contributed by atoms with Gasteiger partial charge in [-0.25, -0.2) is 8.42 Å². The molecule has 0 saturated carbocycles. The van der Waals surface area contributed by atoms with Gasteiger partial charge in [0.25, 0.3) is 0 Å². The van der Waals surface area contributed by atoms with Crippen molar-refractivity contribution in [2.45, 2.75) is 31.9 Å². The molecule has 0 spiro atoms. The number of aliphatic carboxylic acids is 1. The zero-order chi connectivity index (χ0) is 14.0. The van der Waals surface area contributed by atoms with Crippen molar-refractivity contribution in [1.82, 2.24) is 4.98 Å². The van der Waals surface area contributed by atoms with Crippen molar-refractivity contribution in [2.24, 2.45) is 0 Å². The lowest BCUT2D eigenvalue weighted by atomic mass is 10.2. The van der Waals surface area contributed by atoms with Crippen molar-refractivity contribution < 1.29 is 18.3 Å². The molecular formula is C11H16N2O4S. The molecule has 0 aliphatic carbocycles. The minimum atomic E-state index is -3.49. The van der Waals surface area contributed by atoms with Crippen molar-refractivity contribution in [3.8, 4) is 0 Å². The summed E-state index contributed by atoms with van der Waals surface area (Å²) in [6, 6.07) is 2.98. The summed E-state index contributed by atoms with van der Waals surface area (Å²) in [7, 11) is -3.49. The molecule has 100 valence electrons. The molecule has 1 aromatic heterocycles. The molecule has 0 fully saturated rings. The third-order valence-corrected chi connectivity index (χ3v) is 4.33. The highest BCUT2D eigenvalue weighted by atomic mass is 32.2. The molecule has 0 aliphatic rings. The number of carboxylic acids is 1. The summed E-state index contributed by atoms with van der Waals surface area (Å²) in [4.78, 5) is 14.3. The number of hydrogen-bond donors (Lipinski definition) is 2. The van der Waals surface area contributed by atoms with Gasteiger partial charge >= 0.3 is 5.97 Å². The number of sulfonamides is 1. The van der Waals surface area contributed by atoms with Crippen LogP contribution in [0.25, 0.3) is 0 Å². The first kappa shape index (κ1) is 14.4. The van der Waals surface area contributed by atoms with Crippen molar-refractivity contribution >= 4 is 21.7 Å². The largest absolute Gasteiger partial charge is 0.481 e. The second-order valence-electron chi connectivity index (χ2n) is 4.83. The third kappa shape index (κ3) is 3.69. The lowest BCUT2D eigenvalue weighted by Gasteiger charge is -2.20. The maximum absolute atomic E-state index is 11.9. The van der Waals surface area contributed by atoms with Crippen LogP contribution in [0.15, 0.2) is 18.3 Å². The van der Waals surface area contributed by atoms with Crippen LogP contribution in [0.3, 0.4) is 0 Å². The number of carbonyl (C=O) groups is 1. The van der Waals surface area contributed by atoms with Crippen LogP contribution in [-0.2, 0) is 21.2 Å². The van der Waals surface area contributed by atoms with Crippen molar-refractivity contribution in [1.29, 1.82) is 0 Å². The molecule has 0 saturated heterocycles. The van der Waals surface area contributed by atoms with Gasteiger partial charge in [0.2, 0.25) is 10.0 Å². The van der Waals surface area contributed by atoms with Crippen molar-refractivity contribution in [3.63, 3.8) is 0 Å². The van der Waals surface area contributed by atoms with Gasteiger partial charge < -0.3 is 5.11 Å². The lowest BCUT2D eigenvalue weighted by molar-refractivity contribution is -0.136. The molecule has 2 N–H and O–H groups in total. The number of anilines is 1. The number of aromatic nitrogens is 1. The molecule has 18 heavy (non-hydrogen) atoms. The monoisotopic (exact) mass is 272 g/mol. The predicted molar refractivity (Wildman–Crippen MR) is 67.9 cm³/mol. The summed E-state index contributed by atoms with van der Waals surface area (Å²) in [5.41, 5.74) is 0.695. The summed E-state index contributed by atoms with van der Waals surface area (Å²) in [5, 5.41) is 8.58. The average Bonchev–Trinajstić information content (AvgIpc) is 2.18. The summed E-state index contributed by atoms with van der Waals surface area (Å²) < 4.78 is 25.2. The standard InChI is InChI=1S/C11H16N2O4S/c1-11(2,3)18(16,17)13-9-5-4-8(12-7-9)6-10(14)15/h4-5,7,13H,6H2,1-3H3,(H,14,15). The molecule has 0 bridgehead atoms. The Hall–Kier alpha value is -1.63. The van der Waals surface area contributed by atoms with Crippen LogP contribution >= 0.6 is 0 Å². The van der Waals surface area contributed by atoms with Crippen molar-refractivity contribution in [3.05, 3.63) is 24.0 Å². The third-order valence-electron chi connectivity index (χ3n) is 2.22. The Morgan fingerprint density at radius 1 is 1.39 bits per heavy atom. The second kappa shape index (κ2) is 4.93. The smallest absolute Gasteiger partial charge is 0.309 e. The van der Waals surface area contributed by atoms with E-state index in [1.54, 1.807) is 20.8 Å². The highest BCUT2D eigenvalue weighted by Gasteiger charge is 2.28. The van der Waals surface area contributed by atoms with Crippen LogP contribution in [0.4, 0.5) is 5.69 Å². The predicted octanol–water partition coefficient (Wildman–Crippen LogP) is 1.25. The number of hydrogen-bond acceptors (Lipinski definition) is 4. The highest BCUT2D eigenvalue weighted by molar-refractivity contribution is 7.94.